The number of nitrogens with one attached hydrogen (secondary N) is 1. The number of carbonyl (C=O) groups excluding carboxylic acids is 2. The molecule has 0 radical (unpaired) electrons. The third-order valence-corrected chi connectivity index (χ3v) is 6.16. The molecule has 0 saturated heterocycles. The van der Waals surface area contributed by atoms with Crippen molar-refractivity contribution < 1.29 is 9.59 Å². The molecule has 1 aromatic carbocycles. The van der Waals surface area contributed by atoms with Gasteiger partial charge in [0, 0.05) is 16.3 Å². The molecule has 0 saturated carbocycles. The number of carbonyl (C=O) groups is 2. The van der Waals surface area contributed by atoms with Crippen LogP contribution in [0.25, 0.3) is 10.9 Å². The minimum Gasteiger partial charge on any atom is -0.365 e. The van der Waals surface area contributed by atoms with Gasteiger partial charge in [0.25, 0.3) is 11.5 Å². The van der Waals surface area contributed by atoms with Gasteiger partial charge in [-0.05, 0) is 44.4 Å². The second kappa shape index (κ2) is 7.59. The maximum atomic E-state index is 13.1. The number of para-hydroxylation sites is 1. The van der Waals surface area contributed by atoms with Gasteiger partial charge in [-0.3, -0.25) is 19.0 Å². The second-order valence-electron chi connectivity index (χ2n) is 6.82. The predicted octanol–water partition coefficient (Wildman–Crippen LogP) is 3.68. The molecule has 2 amide bonds. The van der Waals surface area contributed by atoms with E-state index in [1.54, 1.807) is 13.0 Å². The first-order valence-corrected chi connectivity index (χ1v) is 9.89. The highest BCUT2D eigenvalue weighted by atomic mass is 32.1. The summed E-state index contributed by atoms with van der Waals surface area (Å²) in [6, 6.07) is 8.37. The van der Waals surface area contributed by atoms with E-state index in [1.165, 1.54) is 15.9 Å². The van der Waals surface area contributed by atoms with Crippen LogP contribution in [0.15, 0.2) is 35.1 Å². The first-order chi connectivity index (χ1) is 13.3. The molecule has 0 spiro atoms. The number of thiophene rings is 1. The first-order valence-electron chi connectivity index (χ1n) is 9.07. The van der Waals surface area contributed by atoms with Crippen molar-refractivity contribution in [1.29, 1.82) is 0 Å². The highest BCUT2D eigenvalue weighted by molar-refractivity contribution is 7.16. The van der Waals surface area contributed by atoms with Crippen LogP contribution >= 0.6 is 11.3 Å². The van der Waals surface area contributed by atoms with Crippen LogP contribution < -0.4 is 16.6 Å². The summed E-state index contributed by atoms with van der Waals surface area (Å²) in [6.45, 7) is 7.41. The zero-order chi connectivity index (χ0) is 20.6. The summed E-state index contributed by atoms with van der Waals surface area (Å²) in [5.41, 5.74) is 7.94. The van der Waals surface area contributed by atoms with Crippen LogP contribution in [0, 0.1) is 20.8 Å². The highest BCUT2D eigenvalue weighted by Crippen LogP contribution is 2.33. The number of nitrogens with zero attached hydrogens (tertiary/aromatic N) is 1. The van der Waals surface area contributed by atoms with E-state index in [0.717, 1.165) is 21.4 Å². The molecule has 3 aromatic rings. The van der Waals surface area contributed by atoms with Crippen LogP contribution in [-0.4, -0.2) is 16.4 Å². The maximum Gasteiger partial charge on any atom is 0.252 e. The van der Waals surface area contributed by atoms with Crippen molar-refractivity contribution in [3.63, 3.8) is 0 Å². The Morgan fingerprint density at radius 3 is 2.54 bits per heavy atom. The molecule has 0 aliphatic carbocycles. The fourth-order valence-electron chi connectivity index (χ4n) is 3.48. The molecule has 28 heavy (non-hydrogen) atoms. The summed E-state index contributed by atoms with van der Waals surface area (Å²) >= 11 is 1.31. The molecule has 0 fully saturated rings. The van der Waals surface area contributed by atoms with E-state index in [9.17, 15) is 14.4 Å². The number of aryl methyl sites for hydroxylation is 2. The van der Waals surface area contributed by atoms with Gasteiger partial charge in [0.15, 0.2) is 0 Å². The van der Waals surface area contributed by atoms with Gasteiger partial charge in [0.2, 0.25) is 5.91 Å². The first kappa shape index (κ1) is 19.8. The number of benzene rings is 1. The summed E-state index contributed by atoms with van der Waals surface area (Å²) < 4.78 is 1.52. The molecule has 6 nitrogen and oxygen atoms in total. The molecule has 7 heteroatoms. The SMILES string of the molecule is CCC(C(=O)Nc1sc(C)c(C)c1C(N)=O)n1c(=O)cc(C)c2ccccc21. The van der Waals surface area contributed by atoms with E-state index in [1.807, 2.05) is 45.0 Å². The van der Waals surface area contributed by atoms with Crippen molar-refractivity contribution in [3.05, 3.63) is 62.3 Å². The van der Waals surface area contributed by atoms with E-state index >= 15 is 0 Å². The molecule has 1 unspecified atom stereocenters. The average Bonchev–Trinajstić information content (AvgIpc) is 2.92. The molecule has 2 heterocycles. The van der Waals surface area contributed by atoms with Crippen molar-refractivity contribution >= 4 is 39.1 Å². The Labute approximate surface area is 167 Å². The van der Waals surface area contributed by atoms with E-state index < -0.39 is 11.9 Å². The molecule has 1 atom stereocenters. The fraction of sp³-hybridized carbons (Fsp3) is 0.286. The minimum atomic E-state index is -0.707. The number of pyridine rings is 1. The number of hydrogen-bond acceptors (Lipinski definition) is 4. The van der Waals surface area contributed by atoms with E-state index in [0.29, 0.717) is 22.5 Å². The molecule has 2 aromatic heterocycles. The third kappa shape index (κ3) is 3.33. The second-order valence-corrected chi connectivity index (χ2v) is 8.04. The predicted molar refractivity (Wildman–Crippen MR) is 113 cm³/mol. The Bertz CT molecular complexity index is 1140. The number of primary amides is 1. The number of aromatic nitrogens is 1. The van der Waals surface area contributed by atoms with E-state index in [4.69, 9.17) is 5.73 Å². The lowest BCUT2D eigenvalue weighted by molar-refractivity contribution is -0.119. The number of anilines is 1. The van der Waals surface area contributed by atoms with Crippen LogP contribution in [0.3, 0.4) is 0 Å². The van der Waals surface area contributed by atoms with Gasteiger partial charge >= 0.3 is 0 Å². The maximum absolute atomic E-state index is 13.1. The minimum absolute atomic E-state index is 0.230. The molecule has 3 N–H and O–H groups in total. The van der Waals surface area contributed by atoms with E-state index in [2.05, 4.69) is 5.32 Å². The van der Waals surface area contributed by atoms with Gasteiger partial charge in [0.1, 0.15) is 11.0 Å². The molecule has 0 aliphatic rings. The van der Waals surface area contributed by atoms with Crippen molar-refractivity contribution in [2.75, 3.05) is 5.32 Å². The van der Waals surface area contributed by atoms with Crippen molar-refractivity contribution in [1.82, 2.24) is 4.57 Å². The lowest BCUT2D eigenvalue weighted by atomic mass is 10.1. The number of nitrogens with two attached hydrogens (primary N) is 1. The molecule has 0 aliphatic heterocycles. The highest BCUT2D eigenvalue weighted by Gasteiger charge is 2.25. The van der Waals surface area contributed by atoms with Crippen LogP contribution in [0.2, 0.25) is 0 Å². The van der Waals surface area contributed by atoms with Crippen LogP contribution in [0.5, 0.6) is 0 Å². The Balaban J connectivity index is 2.08. The van der Waals surface area contributed by atoms with Gasteiger partial charge in [-0.25, -0.2) is 0 Å². The molecular formula is C21H23N3O3S. The van der Waals surface area contributed by atoms with Crippen molar-refractivity contribution in [2.24, 2.45) is 5.73 Å². The zero-order valence-electron chi connectivity index (χ0n) is 16.3. The monoisotopic (exact) mass is 397 g/mol. The Hall–Kier alpha value is -2.93. The quantitative estimate of drug-likeness (QED) is 0.688. The van der Waals surface area contributed by atoms with E-state index in [-0.39, 0.29) is 11.5 Å². The van der Waals surface area contributed by atoms with Gasteiger partial charge in [-0.2, -0.15) is 0 Å². The fourth-order valence-corrected chi connectivity index (χ4v) is 4.55. The summed E-state index contributed by atoms with van der Waals surface area (Å²) in [6.07, 6.45) is 0.425. The number of fused-ring (bicyclic) bond motifs is 1. The normalized spacial score (nSPS) is 12.1. The number of amides is 2. The Kier molecular flexibility index (Phi) is 5.38. The van der Waals surface area contributed by atoms with Crippen molar-refractivity contribution in [3.8, 4) is 0 Å². The summed E-state index contributed by atoms with van der Waals surface area (Å²) in [5, 5.41) is 4.18. The molecular weight excluding hydrogens is 374 g/mol. The zero-order valence-corrected chi connectivity index (χ0v) is 17.1. The number of rotatable bonds is 5. The molecule has 0 bridgehead atoms. The Morgan fingerprint density at radius 1 is 1.21 bits per heavy atom. The standard InChI is InChI=1S/C21H23N3O3S/c1-5-15(20(27)23-21-18(19(22)26)12(3)13(4)28-21)24-16-9-7-6-8-14(16)11(2)10-17(24)25/h6-10,15H,5H2,1-4H3,(H2,22,26)(H,23,27). The summed E-state index contributed by atoms with van der Waals surface area (Å²) in [5.74, 6) is -0.925. The molecule has 3 rings (SSSR count). The van der Waals surface area contributed by atoms with Gasteiger partial charge in [-0.15, -0.1) is 11.3 Å². The largest absolute Gasteiger partial charge is 0.365 e. The van der Waals surface area contributed by atoms with Gasteiger partial charge in [-0.1, -0.05) is 25.1 Å². The van der Waals surface area contributed by atoms with Gasteiger partial charge < -0.3 is 11.1 Å². The average molecular weight is 398 g/mol. The lowest BCUT2D eigenvalue weighted by Crippen LogP contribution is -2.33. The Morgan fingerprint density at radius 2 is 1.89 bits per heavy atom. The summed E-state index contributed by atoms with van der Waals surface area (Å²) in [4.78, 5) is 38.6. The molecule has 146 valence electrons. The topological polar surface area (TPSA) is 94.2 Å². The van der Waals surface area contributed by atoms with Gasteiger partial charge in [0.05, 0.1) is 11.1 Å². The lowest BCUT2D eigenvalue weighted by Gasteiger charge is -2.21. The smallest absolute Gasteiger partial charge is 0.252 e. The van der Waals surface area contributed by atoms with Crippen LogP contribution in [0.4, 0.5) is 5.00 Å². The number of hydrogen-bond donors (Lipinski definition) is 2. The summed E-state index contributed by atoms with van der Waals surface area (Å²) in [7, 11) is 0. The van der Waals surface area contributed by atoms with Crippen LogP contribution in [-0.2, 0) is 4.79 Å². The van der Waals surface area contributed by atoms with Crippen molar-refractivity contribution in [2.45, 2.75) is 40.2 Å². The van der Waals surface area contributed by atoms with Crippen LogP contribution in [0.1, 0.15) is 45.7 Å². The third-order valence-electron chi connectivity index (χ3n) is 5.04.